The number of esters is 1. The molecule has 3 amide bonds. The highest BCUT2D eigenvalue weighted by Gasteiger charge is 2.16. The van der Waals surface area contributed by atoms with E-state index in [4.69, 9.17) is 4.74 Å². The van der Waals surface area contributed by atoms with Crippen LogP contribution in [0, 0.1) is 0 Å². The molecule has 0 heterocycles. The van der Waals surface area contributed by atoms with Gasteiger partial charge in [0.15, 0.2) is 6.61 Å². The summed E-state index contributed by atoms with van der Waals surface area (Å²) in [5.74, 6) is -2.09. The molecule has 3 N–H and O–H groups in total. The van der Waals surface area contributed by atoms with Crippen molar-refractivity contribution in [2.75, 3.05) is 19.7 Å². The van der Waals surface area contributed by atoms with Crippen LogP contribution < -0.4 is 16.0 Å². The number of likely N-dealkylation sites (N-methyl/N-ethyl adjacent to an activating group) is 1. The number of hydrogen-bond acceptors (Lipinski definition) is 5. The van der Waals surface area contributed by atoms with Crippen LogP contribution in [0.25, 0.3) is 0 Å². The first-order chi connectivity index (χ1) is 11.4. The summed E-state index contributed by atoms with van der Waals surface area (Å²) in [6.45, 7) is 2.86. The van der Waals surface area contributed by atoms with E-state index in [1.54, 1.807) is 37.3 Å². The number of benzene rings is 1. The quantitative estimate of drug-likeness (QED) is 0.560. The van der Waals surface area contributed by atoms with Crippen molar-refractivity contribution in [3.8, 4) is 0 Å². The second-order valence-corrected chi connectivity index (χ2v) is 4.89. The normalized spacial score (nSPS) is 11.1. The van der Waals surface area contributed by atoms with Crippen LogP contribution in [-0.2, 0) is 19.1 Å². The molecule has 0 unspecified atom stereocenters. The number of amides is 3. The van der Waals surface area contributed by atoms with E-state index in [0.29, 0.717) is 12.1 Å². The molecule has 130 valence electrons. The average Bonchev–Trinajstić information content (AvgIpc) is 2.58. The van der Waals surface area contributed by atoms with E-state index in [0.717, 1.165) is 0 Å². The maximum atomic E-state index is 11.7. The SMILES string of the molecule is CCNC(=O)[C@@H](C)NC(=O)COC(=O)CNC(=O)c1ccccc1. The van der Waals surface area contributed by atoms with E-state index in [-0.39, 0.29) is 12.5 Å². The molecule has 0 aliphatic carbocycles. The summed E-state index contributed by atoms with van der Waals surface area (Å²) in [5, 5.41) is 7.34. The summed E-state index contributed by atoms with van der Waals surface area (Å²) in [6.07, 6.45) is 0. The molecular weight excluding hydrogens is 314 g/mol. The van der Waals surface area contributed by atoms with Gasteiger partial charge in [0.1, 0.15) is 12.6 Å². The zero-order valence-corrected chi connectivity index (χ0v) is 13.6. The summed E-state index contributed by atoms with van der Waals surface area (Å²) in [4.78, 5) is 46.3. The van der Waals surface area contributed by atoms with Crippen molar-refractivity contribution >= 4 is 23.7 Å². The smallest absolute Gasteiger partial charge is 0.325 e. The van der Waals surface area contributed by atoms with Crippen molar-refractivity contribution in [2.45, 2.75) is 19.9 Å². The van der Waals surface area contributed by atoms with E-state index in [9.17, 15) is 19.2 Å². The lowest BCUT2D eigenvalue weighted by atomic mass is 10.2. The first-order valence-electron chi connectivity index (χ1n) is 7.50. The summed E-state index contributed by atoms with van der Waals surface area (Å²) >= 11 is 0. The van der Waals surface area contributed by atoms with Crippen molar-refractivity contribution in [2.24, 2.45) is 0 Å². The molecule has 0 bridgehead atoms. The Balaban J connectivity index is 2.27. The standard InChI is InChI=1S/C16H21N3O5/c1-3-17-15(22)11(2)19-13(20)10-24-14(21)9-18-16(23)12-7-5-4-6-8-12/h4-8,11H,3,9-10H2,1-2H3,(H,17,22)(H,18,23)(H,19,20)/t11-/m1/s1. The lowest BCUT2D eigenvalue weighted by Gasteiger charge is -2.13. The van der Waals surface area contributed by atoms with Crippen LogP contribution in [0.2, 0.25) is 0 Å². The minimum atomic E-state index is -0.750. The third-order valence-corrected chi connectivity index (χ3v) is 2.92. The fourth-order valence-electron chi connectivity index (χ4n) is 1.72. The average molecular weight is 335 g/mol. The predicted octanol–water partition coefficient (Wildman–Crippen LogP) is -0.400. The zero-order valence-electron chi connectivity index (χ0n) is 13.6. The number of ether oxygens (including phenoxy) is 1. The highest BCUT2D eigenvalue weighted by molar-refractivity contribution is 5.96. The molecular formula is C16H21N3O5. The first kappa shape index (κ1) is 19.1. The second-order valence-electron chi connectivity index (χ2n) is 4.89. The summed E-state index contributed by atoms with van der Waals surface area (Å²) in [5.41, 5.74) is 0.416. The van der Waals surface area contributed by atoms with Gasteiger partial charge in [0, 0.05) is 12.1 Å². The van der Waals surface area contributed by atoms with Crippen molar-refractivity contribution < 1.29 is 23.9 Å². The van der Waals surface area contributed by atoms with Crippen LogP contribution in [0.5, 0.6) is 0 Å². The lowest BCUT2D eigenvalue weighted by Crippen LogP contribution is -2.46. The molecule has 0 aromatic heterocycles. The van der Waals surface area contributed by atoms with Gasteiger partial charge in [0.25, 0.3) is 11.8 Å². The molecule has 1 atom stereocenters. The van der Waals surface area contributed by atoms with Gasteiger partial charge in [-0.2, -0.15) is 0 Å². The van der Waals surface area contributed by atoms with E-state index in [1.165, 1.54) is 6.92 Å². The Morgan fingerprint density at radius 2 is 1.75 bits per heavy atom. The van der Waals surface area contributed by atoms with Crippen molar-refractivity contribution in [1.29, 1.82) is 0 Å². The minimum Gasteiger partial charge on any atom is -0.454 e. The highest BCUT2D eigenvalue weighted by atomic mass is 16.5. The minimum absolute atomic E-state index is 0.327. The van der Waals surface area contributed by atoms with Crippen molar-refractivity contribution in [3.05, 3.63) is 35.9 Å². The van der Waals surface area contributed by atoms with E-state index in [2.05, 4.69) is 16.0 Å². The summed E-state index contributed by atoms with van der Waals surface area (Å²) in [6, 6.07) is 7.66. The van der Waals surface area contributed by atoms with Gasteiger partial charge in [0.05, 0.1) is 0 Å². The molecule has 0 radical (unpaired) electrons. The molecule has 0 saturated carbocycles. The summed E-state index contributed by atoms with van der Waals surface area (Å²) in [7, 11) is 0. The van der Waals surface area contributed by atoms with Crippen LogP contribution in [0.15, 0.2) is 30.3 Å². The van der Waals surface area contributed by atoms with Gasteiger partial charge < -0.3 is 20.7 Å². The van der Waals surface area contributed by atoms with Gasteiger partial charge in [-0.3, -0.25) is 19.2 Å². The topological polar surface area (TPSA) is 114 Å². The Kier molecular flexibility index (Phi) is 7.97. The highest BCUT2D eigenvalue weighted by Crippen LogP contribution is 1.97. The third kappa shape index (κ3) is 6.91. The van der Waals surface area contributed by atoms with E-state index >= 15 is 0 Å². The van der Waals surface area contributed by atoms with Gasteiger partial charge >= 0.3 is 5.97 Å². The van der Waals surface area contributed by atoms with Crippen molar-refractivity contribution in [3.63, 3.8) is 0 Å². The maximum absolute atomic E-state index is 11.7. The number of carbonyl (C=O) groups excluding carboxylic acids is 4. The Morgan fingerprint density at radius 3 is 2.38 bits per heavy atom. The Hall–Kier alpha value is -2.90. The Bertz CT molecular complexity index is 589. The van der Waals surface area contributed by atoms with Gasteiger partial charge in [-0.05, 0) is 26.0 Å². The van der Waals surface area contributed by atoms with Crippen LogP contribution in [0.1, 0.15) is 24.2 Å². The van der Waals surface area contributed by atoms with Gasteiger partial charge in [-0.15, -0.1) is 0 Å². The van der Waals surface area contributed by atoms with Gasteiger partial charge in [0.2, 0.25) is 5.91 Å². The fraction of sp³-hybridized carbons (Fsp3) is 0.375. The van der Waals surface area contributed by atoms with Crippen LogP contribution >= 0.6 is 0 Å². The first-order valence-corrected chi connectivity index (χ1v) is 7.50. The number of rotatable bonds is 8. The van der Waals surface area contributed by atoms with Crippen LogP contribution in [-0.4, -0.2) is 49.4 Å². The van der Waals surface area contributed by atoms with Crippen molar-refractivity contribution in [1.82, 2.24) is 16.0 Å². The fourth-order valence-corrected chi connectivity index (χ4v) is 1.72. The number of carbonyl (C=O) groups is 4. The molecule has 0 aliphatic heterocycles. The monoisotopic (exact) mass is 335 g/mol. The molecule has 24 heavy (non-hydrogen) atoms. The van der Waals surface area contributed by atoms with Crippen LogP contribution in [0.4, 0.5) is 0 Å². The molecule has 1 rings (SSSR count). The van der Waals surface area contributed by atoms with Gasteiger partial charge in [-0.1, -0.05) is 18.2 Å². The predicted molar refractivity (Wildman–Crippen MR) is 86.0 cm³/mol. The van der Waals surface area contributed by atoms with E-state index < -0.39 is 30.4 Å². The molecule has 0 spiro atoms. The largest absolute Gasteiger partial charge is 0.454 e. The Morgan fingerprint density at radius 1 is 1.08 bits per heavy atom. The van der Waals surface area contributed by atoms with Gasteiger partial charge in [-0.25, -0.2) is 0 Å². The number of nitrogens with one attached hydrogen (secondary N) is 3. The maximum Gasteiger partial charge on any atom is 0.325 e. The Labute approximate surface area is 139 Å². The zero-order chi connectivity index (χ0) is 17.9. The molecule has 1 aromatic rings. The molecule has 1 aromatic carbocycles. The molecule has 8 nitrogen and oxygen atoms in total. The molecule has 0 fully saturated rings. The number of hydrogen-bond donors (Lipinski definition) is 3. The summed E-state index contributed by atoms with van der Waals surface area (Å²) < 4.78 is 4.73. The molecule has 8 heteroatoms. The lowest BCUT2D eigenvalue weighted by molar-refractivity contribution is -0.147. The molecule has 0 saturated heterocycles. The van der Waals surface area contributed by atoms with E-state index in [1.807, 2.05) is 0 Å². The molecule has 0 aliphatic rings. The van der Waals surface area contributed by atoms with Crippen LogP contribution in [0.3, 0.4) is 0 Å². The third-order valence-electron chi connectivity index (χ3n) is 2.92. The second kappa shape index (κ2) is 9.98.